The molecule has 1 fully saturated rings. The van der Waals surface area contributed by atoms with Crippen LogP contribution in [0.15, 0.2) is 48.7 Å². The molecule has 0 atom stereocenters. The number of rotatable bonds is 6. The maximum atomic E-state index is 11.9. The van der Waals surface area contributed by atoms with E-state index in [1.807, 2.05) is 30.3 Å². The molecule has 6 nitrogen and oxygen atoms in total. The van der Waals surface area contributed by atoms with Gasteiger partial charge in [-0.15, -0.1) is 0 Å². The molecule has 1 saturated heterocycles. The van der Waals surface area contributed by atoms with Crippen LogP contribution in [-0.2, 0) is 16.1 Å². The Morgan fingerprint density at radius 1 is 1.23 bits per heavy atom. The van der Waals surface area contributed by atoms with E-state index >= 15 is 0 Å². The smallest absolute Gasteiger partial charge is 0.320 e. The number of hydrogen-bond donors (Lipinski definition) is 1. The van der Waals surface area contributed by atoms with Crippen LogP contribution in [0.1, 0.15) is 24.0 Å². The van der Waals surface area contributed by atoms with Gasteiger partial charge in [0, 0.05) is 25.3 Å². The number of nitrogens with one attached hydrogen (secondary N) is 1. The summed E-state index contributed by atoms with van der Waals surface area (Å²) < 4.78 is 5.28. The van der Waals surface area contributed by atoms with Gasteiger partial charge in [-0.1, -0.05) is 30.3 Å². The number of benzene rings is 1. The Morgan fingerprint density at radius 3 is 2.73 bits per heavy atom. The second-order valence-electron chi connectivity index (χ2n) is 6.27. The maximum absolute atomic E-state index is 11.9. The van der Waals surface area contributed by atoms with Gasteiger partial charge in [-0.2, -0.15) is 5.26 Å². The van der Waals surface area contributed by atoms with Crippen LogP contribution in [-0.4, -0.2) is 36.6 Å². The van der Waals surface area contributed by atoms with Gasteiger partial charge in [0.25, 0.3) is 0 Å². The topological polar surface area (TPSA) is 78.3 Å². The average Bonchev–Trinajstić information content (AvgIpc) is 2.72. The molecule has 0 aliphatic carbocycles. The second-order valence-corrected chi connectivity index (χ2v) is 6.27. The summed E-state index contributed by atoms with van der Waals surface area (Å²) >= 11 is 0. The van der Waals surface area contributed by atoms with Gasteiger partial charge < -0.3 is 15.0 Å². The molecule has 0 bridgehead atoms. The first kappa shape index (κ1) is 17.9. The van der Waals surface area contributed by atoms with Crippen LogP contribution < -0.4 is 10.2 Å². The highest BCUT2D eigenvalue weighted by molar-refractivity contribution is 5.71. The molecule has 0 radical (unpaired) electrons. The highest BCUT2D eigenvalue weighted by atomic mass is 16.5. The van der Waals surface area contributed by atoms with E-state index in [0.717, 1.165) is 37.3 Å². The summed E-state index contributed by atoms with van der Waals surface area (Å²) in [5.41, 5.74) is 1.58. The van der Waals surface area contributed by atoms with Gasteiger partial charge in [0.15, 0.2) is 0 Å². The normalized spacial score (nSPS) is 14.7. The van der Waals surface area contributed by atoms with Gasteiger partial charge in [0.2, 0.25) is 0 Å². The van der Waals surface area contributed by atoms with Crippen molar-refractivity contribution < 1.29 is 9.53 Å². The largest absolute Gasteiger partial charge is 0.460 e. The van der Waals surface area contributed by atoms with Crippen LogP contribution in [0.25, 0.3) is 0 Å². The molecular formula is C20H22N4O2. The van der Waals surface area contributed by atoms with Crippen molar-refractivity contribution >= 4 is 11.8 Å². The number of pyridine rings is 1. The summed E-state index contributed by atoms with van der Waals surface area (Å²) in [7, 11) is 0. The lowest BCUT2D eigenvalue weighted by Crippen LogP contribution is -2.44. The van der Waals surface area contributed by atoms with Crippen molar-refractivity contribution in [2.24, 2.45) is 0 Å². The van der Waals surface area contributed by atoms with Crippen LogP contribution in [0.3, 0.4) is 0 Å². The lowest BCUT2D eigenvalue weighted by Gasteiger charge is -2.33. The van der Waals surface area contributed by atoms with E-state index in [2.05, 4.69) is 21.3 Å². The molecular weight excluding hydrogens is 328 g/mol. The number of carbonyl (C=O) groups excluding carboxylic acids is 1. The molecule has 134 valence electrons. The molecule has 1 aromatic carbocycles. The van der Waals surface area contributed by atoms with Crippen molar-refractivity contribution in [2.75, 3.05) is 24.5 Å². The van der Waals surface area contributed by atoms with Crippen LogP contribution in [0.4, 0.5) is 5.82 Å². The molecule has 0 spiro atoms. The fraction of sp³-hybridized carbons (Fsp3) is 0.350. The predicted molar refractivity (Wildman–Crippen MR) is 98.4 cm³/mol. The minimum absolute atomic E-state index is 0.213. The SMILES string of the molecule is N#Cc1cccnc1N1CCC(NCC(=O)OCc2ccccc2)CC1. The van der Waals surface area contributed by atoms with Crippen LogP contribution >= 0.6 is 0 Å². The lowest BCUT2D eigenvalue weighted by molar-refractivity contribution is -0.144. The summed E-state index contributed by atoms with van der Waals surface area (Å²) in [6, 6.07) is 15.7. The second kappa shape index (κ2) is 8.97. The molecule has 1 aromatic heterocycles. The molecule has 3 rings (SSSR count). The molecule has 6 heteroatoms. The van der Waals surface area contributed by atoms with E-state index < -0.39 is 0 Å². The number of nitrogens with zero attached hydrogens (tertiary/aromatic N) is 3. The summed E-state index contributed by atoms with van der Waals surface area (Å²) in [5.74, 6) is 0.503. The average molecular weight is 350 g/mol. The number of aromatic nitrogens is 1. The monoisotopic (exact) mass is 350 g/mol. The van der Waals surface area contributed by atoms with Gasteiger partial charge in [0.05, 0.1) is 12.1 Å². The Kier molecular flexibility index (Phi) is 6.18. The first-order valence-electron chi connectivity index (χ1n) is 8.79. The number of hydrogen-bond acceptors (Lipinski definition) is 6. The first-order valence-corrected chi connectivity index (χ1v) is 8.79. The van der Waals surface area contributed by atoms with E-state index in [9.17, 15) is 10.1 Å². The Labute approximate surface area is 153 Å². The molecule has 1 N–H and O–H groups in total. The zero-order chi connectivity index (χ0) is 18.2. The molecule has 1 aliphatic rings. The Hall–Kier alpha value is -2.91. The van der Waals surface area contributed by atoms with Crippen LogP contribution in [0, 0.1) is 11.3 Å². The fourth-order valence-corrected chi connectivity index (χ4v) is 3.05. The number of carbonyl (C=O) groups is 1. The van der Waals surface area contributed by atoms with Crippen LogP contribution in [0.5, 0.6) is 0 Å². The number of piperidine rings is 1. The van der Waals surface area contributed by atoms with Gasteiger partial charge >= 0.3 is 5.97 Å². The maximum Gasteiger partial charge on any atom is 0.320 e. The zero-order valence-electron chi connectivity index (χ0n) is 14.6. The predicted octanol–water partition coefficient (Wildman–Crippen LogP) is 2.26. The molecule has 2 heterocycles. The van der Waals surface area contributed by atoms with Gasteiger partial charge in [0.1, 0.15) is 18.5 Å². The van der Waals surface area contributed by atoms with Crippen molar-refractivity contribution in [3.05, 3.63) is 59.8 Å². The standard InChI is InChI=1S/C20H22N4O2/c21-13-17-7-4-10-22-20(17)24-11-8-18(9-12-24)23-14-19(25)26-15-16-5-2-1-3-6-16/h1-7,10,18,23H,8-9,11-12,14-15H2. The molecule has 0 amide bonds. The third-order valence-corrected chi connectivity index (χ3v) is 4.48. The van der Waals surface area contributed by atoms with E-state index in [0.29, 0.717) is 12.2 Å². The summed E-state index contributed by atoms with van der Waals surface area (Å²) in [6.07, 6.45) is 3.50. The van der Waals surface area contributed by atoms with E-state index in [1.54, 1.807) is 18.3 Å². The van der Waals surface area contributed by atoms with Crippen molar-refractivity contribution in [1.82, 2.24) is 10.3 Å². The highest BCUT2D eigenvalue weighted by Crippen LogP contribution is 2.21. The zero-order valence-corrected chi connectivity index (χ0v) is 14.6. The van der Waals surface area contributed by atoms with Crippen molar-refractivity contribution in [2.45, 2.75) is 25.5 Å². The highest BCUT2D eigenvalue weighted by Gasteiger charge is 2.22. The summed E-state index contributed by atoms with van der Waals surface area (Å²) in [5, 5.41) is 12.5. The number of anilines is 1. The minimum atomic E-state index is -0.243. The third kappa shape index (κ3) is 4.80. The van der Waals surface area contributed by atoms with Crippen LogP contribution in [0.2, 0.25) is 0 Å². The molecule has 26 heavy (non-hydrogen) atoms. The Bertz CT molecular complexity index is 765. The molecule has 2 aromatic rings. The summed E-state index contributed by atoms with van der Waals surface area (Å²) in [6.45, 7) is 2.13. The number of esters is 1. The van der Waals surface area contributed by atoms with Crippen molar-refractivity contribution in [3.63, 3.8) is 0 Å². The van der Waals surface area contributed by atoms with Gasteiger partial charge in [-0.25, -0.2) is 4.98 Å². The lowest BCUT2D eigenvalue weighted by atomic mass is 10.0. The number of nitriles is 1. The van der Waals surface area contributed by atoms with E-state index in [4.69, 9.17) is 4.74 Å². The molecule has 0 unspecified atom stereocenters. The van der Waals surface area contributed by atoms with Gasteiger partial charge in [-0.3, -0.25) is 4.79 Å². The van der Waals surface area contributed by atoms with Gasteiger partial charge in [-0.05, 0) is 30.5 Å². The molecule has 1 aliphatic heterocycles. The first-order chi connectivity index (χ1) is 12.8. The third-order valence-electron chi connectivity index (χ3n) is 4.48. The fourth-order valence-electron chi connectivity index (χ4n) is 3.05. The van der Waals surface area contributed by atoms with E-state index in [1.165, 1.54) is 0 Å². The minimum Gasteiger partial charge on any atom is -0.460 e. The molecule has 0 saturated carbocycles. The summed E-state index contributed by atoms with van der Waals surface area (Å²) in [4.78, 5) is 18.4. The van der Waals surface area contributed by atoms with Crippen molar-refractivity contribution in [3.8, 4) is 6.07 Å². The van der Waals surface area contributed by atoms with E-state index in [-0.39, 0.29) is 18.6 Å². The van der Waals surface area contributed by atoms with Crippen molar-refractivity contribution in [1.29, 1.82) is 5.26 Å². The Morgan fingerprint density at radius 2 is 2.00 bits per heavy atom. The Balaban J connectivity index is 1.40. The quantitative estimate of drug-likeness (QED) is 0.805. The number of ether oxygens (including phenoxy) is 1.